The maximum Gasteiger partial charge on any atom is 0.417 e. The third-order valence-corrected chi connectivity index (χ3v) is 5.69. The van der Waals surface area contributed by atoms with Crippen molar-refractivity contribution in [2.45, 2.75) is 26.9 Å². The van der Waals surface area contributed by atoms with Crippen LogP contribution in [-0.2, 0) is 6.18 Å². The molecule has 4 aromatic rings. The molecule has 0 bridgehead atoms. The minimum atomic E-state index is -4.64. The van der Waals surface area contributed by atoms with Gasteiger partial charge in [0.25, 0.3) is 0 Å². The summed E-state index contributed by atoms with van der Waals surface area (Å²) in [5.41, 5.74) is 2.23. The monoisotopic (exact) mass is 516 g/mol. The maximum atomic E-state index is 13.0. The van der Waals surface area contributed by atoms with E-state index in [4.69, 9.17) is 16.3 Å². The molecule has 2 aromatic carbocycles. The molecule has 0 aliphatic heterocycles. The molecule has 2 amide bonds. The second kappa shape index (κ2) is 9.86. The van der Waals surface area contributed by atoms with Gasteiger partial charge in [0.2, 0.25) is 5.88 Å². The van der Waals surface area contributed by atoms with Crippen LogP contribution < -0.4 is 15.4 Å². The van der Waals surface area contributed by atoms with Crippen molar-refractivity contribution in [2.24, 2.45) is 0 Å². The number of hydrogen-bond acceptors (Lipinski definition) is 5. The summed E-state index contributed by atoms with van der Waals surface area (Å²) in [6.07, 6.45) is -3.27. The summed E-state index contributed by atoms with van der Waals surface area (Å²) in [6.45, 7) is 5.85. The van der Waals surface area contributed by atoms with Crippen molar-refractivity contribution >= 4 is 29.0 Å². The molecule has 2 heterocycles. The molecule has 0 radical (unpaired) electrons. The molecule has 0 saturated carbocycles. The first-order valence-electron chi connectivity index (χ1n) is 10.6. The third-order valence-electron chi connectivity index (χ3n) is 5.36. The number of carbonyl (C=O) groups is 1. The van der Waals surface area contributed by atoms with E-state index in [0.29, 0.717) is 23.1 Å². The molecule has 12 heteroatoms. The summed E-state index contributed by atoms with van der Waals surface area (Å²) in [4.78, 5) is 20.6. The number of carbonyl (C=O) groups excluding carboxylic acids is 1. The van der Waals surface area contributed by atoms with Crippen LogP contribution in [-0.4, -0.2) is 25.8 Å². The summed E-state index contributed by atoms with van der Waals surface area (Å²) in [7, 11) is 0. The Morgan fingerprint density at radius 1 is 0.972 bits per heavy atom. The van der Waals surface area contributed by atoms with E-state index < -0.39 is 22.8 Å². The number of aromatic nitrogens is 4. The second-order valence-electron chi connectivity index (χ2n) is 7.82. The Morgan fingerprint density at radius 3 is 2.28 bits per heavy atom. The van der Waals surface area contributed by atoms with Crippen LogP contribution in [0.5, 0.6) is 11.6 Å². The van der Waals surface area contributed by atoms with Crippen LogP contribution in [0.4, 0.5) is 29.3 Å². The van der Waals surface area contributed by atoms with Gasteiger partial charge < -0.3 is 15.4 Å². The van der Waals surface area contributed by atoms with E-state index in [2.05, 4.69) is 25.7 Å². The summed E-state index contributed by atoms with van der Waals surface area (Å²) >= 11 is 5.60. The minimum Gasteiger partial charge on any atom is -0.439 e. The number of hydrogen-bond donors (Lipinski definition) is 2. The van der Waals surface area contributed by atoms with E-state index >= 15 is 0 Å². The van der Waals surface area contributed by atoms with Gasteiger partial charge in [0.05, 0.1) is 16.3 Å². The molecule has 0 atom stereocenters. The van der Waals surface area contributed by atoms with Crippen LogP contribution in [0.1, 0.15) is 22.5 Å². The molecule has 0 saturated heterocycles. The lowest BCUT2D eigenvalue weighted by Gasteiger charge is -2.12. The predicted molar refractivity (Wildman–Crippen MR) is 129 cm³/mol. The van der Waals surface area contributed by atoms with Gasteiger partial charge in [0.1, 0.15) is 12.1 Å². The lowest BCUT2D eigenvalue weighted by atomic mass is 10.2. The molecule has 4 rings (SSSR count). The number of anilines is 2. The van der Waals surface area contributed by atoms with E-state index in [0.717, 1.165) is 29.1 Å². The van der Waals surface area contributed by atoms with Gasteiger partial charge in [-0.25, -0.2) is 19.4 Å². The van der Waals surface area contributed by atoms with E-state index in [-0.39, 0.29) is 5.69 Å². The molecule has 36 heavy (non-hydrogen) atoms. The van der Waals surface area contributed by atoms with Crippen LogP contribution in [0.25, 0.3) is 5.82 Å². The number of amides is 2. The van der Waals surface area contributed by atoms with Gasteiger partial charge in [-0.2, -0.15) is 18.3 Å². The van der Waals surface area contributed by atoms with E-state index in [1.54, 1.807) is 35.0 Å². The van der Waals surface area contributed by atoms with Crippen molar-refractivity contribution in [1.29, 1.82) is 0 Å². The Hall–Kier alpha value is -4.12. The zero-order chi connectivity index (χ0) is 26.0. The molecule has 0 fully saturated rings. The Bertz CT molecular complexity index is 1420. The number of halogens is 4. The lowest BCUT2D eigenvalue weighted by molar-refractivity contribution is -0.137. The molecule has 186 valence electrons. The Balaban J connectivity index is 1.41. The molecule has 0 unspecified atom stereocenters. The van der Waals surface area contributed by atoms with Crippen molar-refractivity contribution in [3.63, 3.8) is 0 Å². The molecule has 8 nitrogen and oxygen atoms in total. The molecule has 2 N–H and O–H groups in total. The quantitative estimate of drug-likeness (QED) is 0.308. The Morgan fingerprint density at radius 2 is 1.64 bits per heavy atom. The van der Waals surface area contributed by atoms with Crippen molar-refractivity contribution < 1.29 is 22.7 Å². The van der Waals surface area contributed by atoms with E-state index in [1.807, 2.05) is 20.8 Å². The minimum absolute atomic E-state index is 0.0541. The average Bonchev–Trinajstić information content (AvgIpc) is 3.08. The Labute approximate surface area is 209 Å². The largest absolute Gasteiger partial charge is 0.439 e. The summed E-state index contributed by atoms with van der Waals surface area (Å²) in [5, 5.41) is 8.92. The average molecular weight is 517 g/mol. The number of alkyl halides is 3. The molecule has 0 aliphatic carbocycles. The SMILES string of the molecule is Cc1nn(-c2cc(Oc3ccc(NC(=O)Nc4ccc(Cl)c(C(F)(F)F)c4)cc3)ncn2)c(C)c1C. The van der Waals surface area contributed by atoms with Crippen LogP contribution in [0, 0.1) is 20.8 Å². The normalized spacial score (nSPS) is 11.3. The highest BCUT2D eigenvalue weighted by Gasteiger charge is 2.33. The molecular weight excluding hydrogens is 497 g/mol. The second-order valence-corrected chi connectivity index (χ2v) is 8.23. The lowest BCUT2D eigenvalue weighted by Crippen LogP contribution is -2.19. The standard InChI is InChI=1S/C24H20ClF3N6O2/c1-13-14(2)33-34(15(13)3)21-11-22(30-12-29-21)36-18-7-4-16(5-8-18)31-23(35)32-17-6-9-20(25)19(10-17)24(26,27)28/h4-12H,1-3H3,(H2,31,32,35). The zero-order valence-electron chi connectivity index (χ0n) is 19.3. The van der Waals surface area contributed by atoms with E-state index in [1.165, 1.54) is 12.4 Å². The number of ether oxygens (including phenoxy) is 1. The number of benzene rings is 2. The van der Waals surface area contributed by atoms with Crippen molar-refractivity contribution in [1.82, 2.24) is 19.7 Å². The third kappa shape index (κ3) is 5.57. The zero-order valence-corrected chi connectivity index (χ0v) is 20.1. The van der Waals surface area contributed by atoms with Gasteiger partial charge in [0.15, 0.2) is 5.82 Å². The number of nitrogens with zero attached hydrogens (tertiary/aromatic N) is 4. The van der Waals surface area contributed by atoms with Crippen molar-refractivity contribution in [2.75, 3.05) is 10.6 Å². The molecule has 0 spiro atoms. The van der Waals surface area contributed by atoms with Gasteiger partial charge in [-0.05, 0) is 68.8 Å². The smallest absolute Gasteiger partial charge is 0.417 e. The van der Waals surface area contributed by atoms with Gasteiger partial charge in [-0.1, -0.05) is 11.6 Å². The molecule has 2 aromatic heterocycles. The Kier molecular flexibility index (Phi) is 6.84. The van der Waals surface area contributed by atoms with Crippen LogP contribution in [0.15, 0.2) is 54.9 Å². The highest BCUT2D eigenvalue weighted by molar-refractivity contribution is 6.31. The van der Waals surface area contributed by atoms with Crippen molar-refractivity contribution in [3.05, 3.63) is 82.4 Å². The highest BCUT2D eigenvalue weighted by atomic mass is 35.5. The van der Waals surface area contributed by atoms with Gasteiger partial charge in [-0.3, -0.25) is 0 Å². The van der Waals surface area contributed by atoms with Gasteiger partial charge >= 0.3 is 12.2 Å². The fraction of sp³-hybridized carbons (Fsp3) is 0.167. The molecule has 0 aliphatic rings. The highest BCUT2D eigenvalue weighted by Crippen LogP contribution is 2.36. The number of nitrogens with one attached hydrogen (secondary N) is 2. The maximum absolute atomic E-state index is 13.0. The van der Waals surface area contributed by atoms with Crippen LogP contribution >= 0.6 is 11.6 Å². The van der Waals surface area contributed by atoms with Gasteiger partial charge in [-0.15, -0.1) is 0 Å². The fourth-order valence-electron chi connectivity index (χ4n) is 3.29. The molecular formula is C24H20ClF3N6O2. The van der Waals surface area contributed by atoms with Crippen molar-refractivity contribution in [3.8, 4) is 17.4 Å². The van der Waals surface area contributed by atoms with E-state index in [9.17, 15) is 18.0 Å². The topological polar surface area (TPSA) is 94.0 Å². The number of aryl methyl sites for hydroxylation is 1. The number of urea groups is 1. The summed E-state index contributed by atoms with van der Waals surface area (Å²) in [5.74, 6) is 1.30. The summed E-state index contributed by atoms with van der Waals surface area (Å²) in [6, 6.07) is 10.4. The fourth-order valence-corrected chi connectivity index (χ4v) is 3.51. The number of rotatable bonds is 5. The first kappa shape index (κ1) is 25.0. The predicted octanol–water partition coefficient (Wildman–Crippen LogP) is 6.70. The summed E-state index contributed by atoms with van der Waals surface area (Å²) < 4.78 is 46.5. The first-order chi connectivity index (χ1) is 17.0. The van der Waals surface area contributed by atoms with Gasteiger partial charge in [0, 0.05) is 23.1 Å². The van der Waals surface area contributed by atoms with Crippen LogP contribution in [0.3, 0.4) is 0 Å². The van der Waals surface area contributed by atoms with Crippen LogP contribution in [0.2, 0.25) is 5.02 Å². The first-order valence-corrected chi connectivity index (χ1v) is 11.0.